The van der Waals surface area contributed by atoms with Gasteiger partial charge in [-0.05, 0) is 55.5 Å². The van der Waals surface area contributed by atoms with Gasteiger partial charge in [0.05, 0.1) is 17.4 Å². The second-order valence-corrected chi connectivity index (χ2v) is 8.19. The van der Waals surface area contributed by atoms with E-state index in [1.165, 1.54) is 0 Å². The Bertz CT molecular complexity index is 1290. The van der Waals surface area contributed by atoms with Gasteiger partial charge in [0.25, 0.3) is 11.8 Å². The summed E-state index contributed by atoms with van der Waals surface area (Å²) in [6.07, 6.45) is 3.52. The van der Waals surface area contributed by atoms with E-state index < -0.39 is 0 Å². The molecule has 0 spiro atoms. The minimum absolute atomic E-state index is 0.0693. The van der Waals surface area contributed by atoms with Crippen molar-refractivity contribution in [2.75, 3.05) is 36.4 Å². The summed E-state index contributed by atoms with van der Waals surface area (Å²) in [7, 11) is 0. The summed E-state index contributed by atoms with van der Waals surface area (Å²) in [5, 5.41) is 2.90. The molecule has 4 heterocycles. The number of amides is 2. The molecule has 4 aromatic rings. The van der Waals surface area contributed by atoms with E-state index in [-0.39, 0.29) is 11.8 Å². The number of pyridine rings is 2. The molecular formula is C26H25N5O2. The lowest BCUT2D eigenvalue weighted by Crippen LogP contribution is -2.49. The molecule has 0 bridgehead atoms. The zero-order valence-electron chi connectivity index (χ0n) is 18.4. The molecule has 1 aliphatic heterocycles. The molecule has 0 unspecified atom stereocenters. The van der Waals surface area contributed by atoms with Crippen LogP contribution in [0.25, 0.3) is 5.52 Å². The van der Waals surface area contributed by atoms with E-state index >= 15 is 0 Å². The molecule has 0 aliphatic carbocycles. The van der Waals surface area contributed by atoms with Gasteiger partial charge >= 0.3 is 0 Å². The Labute approximate surface area is 192 Å². The van der Waals surface area contributed by atoms with Crippen molar-refractivity contribution < 1.29 is 9.59 Å². The number of carbonyl (C=O) groups is 2. The molecule has 1 N–H and O–H groups in total. The number of hydrogen-bond acceptors (Lipinski definition) is 4. The van der Waals surface area contributed by atoms with Gasteiger partial charge in [-0.3, -0.25) is 14.6 Å². The summed E-state index contributed by atoms with van der Waals surface area (Å²) in [5.41, 5.74) is 3.87. The number of aryl methyl sites for hydroxylation is 1. The van der Waals surface area contributed by atoms with E-state index in [1.807, 2.05) is 83.1 Å². The number of fused-ring (bicyclic) bond motifs is 1. The number of nitrogens with zero attached hydrogens (tertiary/aromatic N) is 4. The van der Waals surface area contributed by atoms with Gasteiger partial charge in [-0.1, -0.05) is 18.2 Å². The molecule has 0 radical (unpaired) electrons. The second kappa shape index (κ2) is 8.78. The van der Waals surface area contributed by atoms with Crippen molar-refractivity contribution in [1.82, 2.24) is 14.3 Å². The number of piperazine rings is 1. The number of carbonyl (C=O) groups excluding carboxylic acids is 2. The maximum absolute atomic E-state index is 12.8. The highest BCUT2D eigenvalue weighted by atomic mass is 16.2. The summed E-state index contributed by atoms with van der Waals surface area (Å²) < 4.78 is 2.04. The minimum Gasteiger partial charge on any atom is -0.354 e. The van der Waals surface area contributed by atoms with Gasteiger partial charge in [-0.25, -0.2) is 0 Å². The first-order valence-corrected chi connectivity index (χ1v) is 11.0. The molecule has 0 atom stereocenters. The highest BCUT2D eigenvalue weighted by molar-refractivity contribution is 6.04. The van der Waals surface area contributed by atoms with E-state index in [9.17, 15) is 9.59 Å². The van der Waals surface area contributed by atoms with Crippen molar-refractivity contribution in [2.45, 2.75) is 6.92 Å². The van der Waals surface area contributed by atoms with Crippen LogP contribution in [0.3, 0.4) is 0 Å². The fourth-order valence-electron chi connectivity index (χ4n) is 4.13. The monoisotopic (exact) mass is 439 g/mol. The Morgan fingerprint density at radius 1 is 0.848 bits per heavy atom. The molecule has 5 rings (SSSR count). The van der Waals surface area contributed by atoms with Crippen molar-refractivity contribution in [3.63, 3.8) is 0 Å². The summed E-state index contributed by atoms with van der Waals surface area (Å²) in [5.74, 6) is 0.906. The number of rotatable bonds is 4. The zero-order valence-corrected chi connectivity index (χ0v) is 18.4. The van der Waals surface area contributed by atoms with E-state index in [2.05, 4.69) is 21.3 Å². The van der Waals surface area contributed by atoms with Crippen molar-refractivity contribution in [3.05, 3.63) is 95.9 Å². The van der Waals surface area contributed by atoms with Gasteiger partial charge in [0, 0.05) is 49.1 Å². The highest BCUT2D eigenvalue weighted by Gasteiger charge is 2.23. The van der Waals surface area contributed by atoms with Crippen molar-refractivity contribution in [3.8, 4) is 0 Å². The van der Waals surface area contributed by atoms with Gasteiger partial charge in [-0.15, -0.1) is 0 Å². The third-order valence-corrected chi connectivity index (χ3v) is 5.97. The third-order valence-electron chi connectivity index (χ3n) is 5.97. The van der Waals surface area contributed by atoms with Crippen molar-refractivity contribution in [1.29, 1.82) is 0 Å². The molecule has 1 aliphatic rings. The predicted octanol–water partition coefficient (Wildman–Crippen LogP) is 3.86. The largest absolute Gasteiger partial charge is 0.354 e. The Kier molecular flexibility index (Phi) is 5.52. The Morgan fingerprint density at radius 2 is 1.61 bits per heavy atom. The van der Waals surface area contributed by atoms with Crippen LogP contribution >= 0.6 is 0 Å². The Hall–Kier alpha value is -4.13. The zero-order chi connectivity index (χ0) is 22.8. The molecule has 33 heavy (non-hydrogen) atoms. The number of nitrogens with one attached hydrogen (secondary N) is 1. The number of benzene rings is 1. The van der Waals surface area contributed by atoms with Crippen LogP contribution in [0, 0.1) is 6.92 Å². The molecular weight excluding hydrogens is 414 g/mol. The first-order chi connectivity index (χ1) is 16.1. The summed E-state index contributed by atoms with van der Waals surface area (Å²) in [4.78, 5) is 33.9. The number of aromatic nitrogens is 2. The van der Waals surface area contributed by atoms with Crippen LogP contribution in [0.5, 0.6) is 0 Å². The smallest absolute Gasteiger partial charge is 0.257 e. The quantitative estimate of drug-likeness (QED) is 0.524. The van der Waals surface area contributed by atoms with Crippen LogP contribution in [0.1, 0.15) is 26.4 Å². The molecule has 2 amide bonds. The van der Waals surface area contributed by atoms with E-state index in [0.717, 1.165) is 35.7 Å². The summed E-state index contributed by atoms with van der Waals surface area (Å²) in [6.45, 7) is 4.68. The highest BCUT2D eigenvalue weighted by Crippen LogP contribution is 2.23. The van der Waals surface area contributed by atoms with Crippen LogP contribution < -0.4 is 10.2 Å². The van der Waals surface area contributed by atoms with Gasteiger partial charge in [0.1, 0.15) is 5.82 Å². The molecule has 7 nitrogen and oxygen atoms in total. The average Bonchev–Trinajstić information content (AvgIpc) is 3.29. The molecule has 1 saturated heterocycles. The molecule has 1 fully saturated rings. The summed E-state index contributed by atoms with van der Waals surface area (Å²) >= 11 is 0. The lowest BCUT2D eigenvalue weighted by atomic mass is 10.2. The van der Waals surface area contributed by atoms with Crippen LogP contribution in [-0.4, -0.2) is 52.3 Å². The topological polar surface area (TPSA) is 70.0 Å². The fraction of sp³-hybridized carbons (Fsp3) is 0.192. The predicted molar refractivity (Wildman–Crippen MR) is 129 cm³/mol. The van der Waals surface area contributed by atoms with Crippen LogP contribution in [0.15, 0.2) is 79.1 Å². The maximum Gasteiger partial charge on any atom is 0.257 e. The van der Waals surface area contributed by atoms with Crippen molar-refractivity contribution >= 4 is 28.8 Å². The van der Waals surface area contributed by atoms with Crippen molar-refractivity contribution in [2.24, 2.45) is 0 Å². The molecule has 3 aromatic heterocycles. The number of hydrogen-bond donors (Lipinski definition) is 1. The average molecular weight is 440 g/mol. The minimum atomic E-state index is -0.180. The fourth-order valence-corrected chi connectivity index (χ4v) is 4.13. The van der Waals surface area contributed by atoms with Gasteiger partial charge in [0.15, 0.2) is 0 Å². The molecule has 166 valence electrons. The third kappa shape index (κ3) is 4.30. The van der Waals surface area contributed by atoms with Gasteiger partial charge < -0.3 is 19.5 Å². The first kappa shape index (κ1) is 20.8. The normalized spacial score (nSPS) is 13.8. The van der Waals surface area contributed by atoms with Crippen LogP contribution in [0.4, 0.5) is 11.5 Å². The molecule has 0 saturated carbocycles. The first-order valence-electron chi connectivity index (χ1n) is 11.0. The van der Waals surface area contributed by atoms with Gasteiger partial charge in [0.2, 0.25) is 0 Å². The molecule has 1 aromatic carbocycles. The van der Waals surface area contributed by atoms with Crippen LogP contribution in [0.2, 0.25) is 0 Å². The Morgan fingerprint density at radius 3 is 2.33 bits per heavy atom. The standard InChI is InChI=1S/C26H25N5O2/c1-19-7-9-22(17-27-19)28-25(32)21-8-10-23-11-12-24(31(23)18-21)29-13-15-30(16-14-29)26(33)20-5-3-2-4-6-20/h2-12,17-18H,13-16H2,1H3,(H,28,32). The van der Waals surface area contributed by atoms with E-state index in [4.69, 9.17) is 0 Å². The maximum atomic E-state index is 12.8. The van der Waals surface area contributed by atoms with Crippen LogP contribution in [-0.2, 0) is 0 Å². The Balaban J connectivity index is 1.30. The number of anilines is 2. The molecule has 7 heteroatoms. The second-order valence-electron chi connectivity index (χ2n) is 8.19. The SMILES string of the molecule is Cc1ccc(NC(=O)c2ccc3ccc(N4CCN(C(=O)c5ccccc5)CC4)n3c2)cn1. The lowest BCUT2D eigenvalue weighted by Gasteiger charge is -2.36. The summed E-state index contributed by atoms with van der Waals surface area (Å²) in [6, 6.07) is 21.0. The van der Waals surface area contributed by atoms with E-state index in [0.29, 0.717) is 24.3 Å². The lowest BCUT2D eigenvalue weighted by molar-refractivity contribution is 0.0746. The van der Waals surface area contributed by atoms with E-state index in [1.54, 1.807) is 6.20 Å². The van der Waals surface area contributed by atoms with Gasteiger partial charge in [-0.2, -0.15) is 0 Å².